The Labute approximate surface area is 142 Å². The average Bonchev–Trinajstić information content (AvgIpc) is 2.43. The summed E-state index contributed by atoms with van der Waals surface area (Å²) < 4.78 is 75.5. The predicted molar refractivity (Wildman–Crippen MR) is 83.4 cm³/mol. The van der Waals surface area contributed by atoms with Gasteiger partial charge < -0.3 is 9.29 Å². The van der Waals surface area contributed by atoms with Crippen molar-refractivity contribution in [2.45, 2.75) is 76.9 Å². The number of carbonyl (C=O) groups excluding carboxylic acids is 1. The monoisotopic (exact) mass is 378 g/mol. The van der Waals surface area contributed by atoms with E-state index in [1.807, 2.05) is 0 Å². The van der Waals surface area contributed by atoms with E-state index in [2.05, 4.69) is 0 Å². The van der Waals surface area contributed by atoms with Gasteiger partial charge in [0.25, 0.3) is 0 Å². The standard InChI is InChI=1S/C15H26F4O4S/c1-13(2,3)12(20)23-11-9-7-5-4-6-8-10-14(16,17)15(18,19)24(21)22/h4-11H2,1-3H3,(H,21,22). The highest BCUT2D eigenvalue weighted by Crippen LogP contribution is 2.40. The van der Waals surface area contributed by atoms with Crippen LogP contribution < -0.4 is 0 Å². The molecular weight excluding hydrogens is 352 g/mol. The second-order valence-corrected chi connectivity index (χ2v) is 7.74. The van der Waals surface area contributed by atoms with Crippen LogP contribution in [0.25, 0.3) is 0 Å². The van der Waals surface area contributed by atoms with Gasteiger partial charge in [-0.05, 0) is 33.6 Å². The number of esters is 1. The Morgan fingerprint density at radius 3 is 1.88 bits per heavy atom. The predicted octanol–water partition coefficient (Wildman–Crippen LogP) is 4.76. The summed E-state index contributed by atoms with van der Waals surface area (Å²) in [7, 11) is 0. The van der Waals surface area contributed by atoms with Crippen LogP contribution in [0.5, 0.6) is 0 Å². The minimum Gasteiger partial charge on any atom is -0.465 e. The van der Waals surface area contributed by atoms with Gasteiger partial charge in [0.05, 0.1) is 12.0 Å². The molecular formula is C15H26F4O4S. The van der Waals surface area contributed by atoms with Gasteiger partial charge in [0, 0.05) is 6.42 Å². The van der Waals surface area contributed by atoms with Gasteiger partial charge in [-0.1, -0.05) is 25.7 Å². The number of hydrogen-bond donors (Lipinski definition) is 1. The summed E-state index contributed by atoms with van der Waals surface area (Å²) in [5, 5.41) is -4.93. The largest absolute Gasteiger partial charge is 0.465 e. The topological polar surface area (TPSA) is 63.6 Å². The lowest BCUT2D eigenvalue weighted by Crippen LogP contribution is -2.43. The second kappa shape index (κ2) is 9.70. The first-order valence-corrected chi connectivity index (χ1v) is 8.97. The van der Waals surface area contributed by atoms with Crippen LogP contribution in [0.1, 0.15) is 65.7 Å². The van der Waals surface area contributed by atoms with Crippen molar-refractivity contribution in [1.82, 2.24) is 0 Å². The molecule has 144 valence electrons. The Bertz CT molecular complexity index is 422. The van der Waals surface area contributed by atoms with Crippen molar-refractivity contribution in [3.05, 3.63) is 0 Å². The van der Waals surface area contributed by atoms with Gasteiger partial charge in [-0.25, -0.2) is 4.21 Å². The third-order valence-corrected chi connectivity index (χ3v) is 4.11. The molecule has 0 spiro atoms. The smallest absolute Gasteiger partial charge is 0.406 e. The molecule has 0 amide bonds. The van der Waals surface area contributed by atoms with E-state index in [4.69, 9.17) is 9.29 Å². The van der Waals surface area contributed by atoms with Crippen LogP contribution in [0, 0.1) is 5.41 Å². The fourth-order valence-corrected chi connectivity index (χ4v) is 2.17. The SMILES string of the molecule is CC(C)(C)C(=O)OCCCCCCCCC(F)(F)C(F)(F)S(=O)O. The number of hydrogen-bond acceptors (Lipinski definition) is 3. The maximum Gasteiger partial charge on any atom is 0.406 e. The van der Waals surface area contributed by atoms with Crippen LogP contribution in [0.15, 0.2) is 0 Å². The number of carbonyl (C=O) groups is 1. The molecule has 24 heavy (non-hydrogen) atoms. The lowest BCUT2D eigenvalue weighted by Gasteiger charge is -2.23. The molecule has 9 heteroatoms. The van der Waals surface area contributed by atoms with Crippen molar-refractivity contribution in [1.29, 1.82) is 0 Å². The van der Waals surface area contributed by atoms with Gasteiger partial charge >= 0.3 is 17.1 Å². The highest BCUT2D eigenvalue weighted by molar-refractivity contribution is 7.80. The second-order valence-electron chi connectivity index (χ2n) is 6.73. The summed E-state index contributed by atoms with van der Waals surface area (Å²) in [4.78, 5) is 11.5. The van der Waals surface area contributed by atoms with Gasteiger partial charge in [0.15, 0.2) is 0 Å². The minimum atomic E-state index is -4.93. The number of ether oxygens (including phenoxy) is 1. The molecule has 1 N–H and O–H groups in total. The molecule has 0 radical (unpaired) electrons. The fraction of sp³-hybridized carbons (Fsp3) is 0.933. The van der Waals surface area contributed by atoms with E-state index < -0.39 is 34.1 Å². The maximum absolute atomic E-state index is 13.1. The molecule has 0 aliphatic carbocycles. The van der Waals surface area contributed by atoms with E-state index in [1.54, 1.807) is 20.8 Å². The van der Waals surface area contributed by atoms with Gasteiger partial charge in [-0.3, -0.25) is 4.79 Å². The van der Waals surface area contributed by atoms with E-state index in [0.29, 0.717) is 32.3 Å². The average molecular weight is 378 g/mol. The molecule has 0 saturated heterocycles. The summed E-state index contributed by atoms with van der Waals surface area (Å²) >= 11 is -3.89. The maximum atomic E-state index is 13.1. The Kier molecular flexibility index (Phi) is 9.41. The Balaban J connectivity index is 3.75. The molecule has 0 aliphatic rings. The van der Waals surface area contributed by atoms with Crippen LogP contribution >= 0.6 is 0 Å². The molecule has 0 aromatic carbocycles. The van der Waals surface area contributed by atoms with Crippen LogP contribution in [0.2, 0.25) is 0 Å². The molecule has 0 aliphatic heterocycles. The molecule has 0 saturated carbocycles. The number of alkyl halides is 4. The van der Waals surface area contributed by atoms with Crippen LogP contribution in [0.4, 0.5) is 17.6 Å². The highest BCUT2D eigenvalue weighted by atomic mass is 32.2. The summed E-state index contributed by atoms with van der Waals surface area (Å²) in [6.45, 7) is 5.55. The number of halogens is 4. The van der Waals surface area contributed by atoms with E-state index in [-0.39, 0.29) is 12.4 Å². The quantitative estimate of drug-likeness (QED) is 0.244. The van der Waals surface area contributed by atoms with E-state index in [0.717, 1.165) is 6.42 Å². The van der Waals surface area contributed by atoms with Crippen LogP contribution in [-0.4, -0.2) is 32.5 Å². The number of unbranched alkanes of at least 4 members (excludes halogenated alkanes) is 5. The van der Waals surface area contributed by atoms with Crippen LogP contribution in [-0.2, 0) is 20.6 Å². The molecule has 1 unspecified atom stereocenters. The third kappa shape index (κ3) is 7.92. The zero-order valence-electron chi connectivity index (χ0n) is 14.2. The lowest BCUT2D eigenvalue weighted by atomic mass is 9.97. The zero-order valence-corrected chi connectivity index (χ0v) is 15.1. The molecule has 0 fully saturated rings. The highest BCUT2D eigenvalue weighted by Gasteiger charge is 2.60. The van der Waals surface area contributed by atoms with Gasteiger partial charge in [0.2, 0.25) is 11.1 Å². The normalized spacial score (nSPS) is 14.5. The Morgan fingerprint density at radius 1 is 0.958 bits per heavy atom. The summed E-state index contributed by atoms with van der Waals surface area (Å²) in [5.74, 6) is -4.78. The first-order chi connectivity index (χ1) is 10.8. The molecule has 0 aromatic heterocycles. The van der Waals surface area contributed by atoms with Gasteiger partial charge in [-0.15, -0.1) is 0 Å². The Hall–Kier alpha value is -0.700. The van der Waals surface area contributed by atoms with Gasteiger partial charge in [0.1, 0.15) is 0 Å². The van der Waals surface area contributed by atoms with Gasteiger partial charge in [-0.2, -0.15) is 17.6 Å². The van der Waals surface area contributed by atoms with Crippen LogP contribution in [0.3, 0.4) is 0 Å². The van der Waals surface area contributed by atoms with Crippen molar-refractivity contribution in [3.8, 4) is 0 Å². The van der Waals surface area contributed by atoms with E-state index >= 15 is 0 Å². The fourth-order valence-electron chi connectivity index (χ4n) is 1.81. The van der Waals surface area contributed by atoms with Crippen molar-refractivity contribution >= 4 is 17.0 Å². The molecule has 0 heterocycles. The zero-order chi connectivity index (χ0) is 19.0. The summed E-state index contributed by atoms with van der Waals surface area (Å²) in [6.07, 6.45) is 1.72. The van der Waals surface area contributed by atoms with Crippen molar-refractivity contribution in [2.24, 2.45) is 5.41 Å². The molecule has 0 rings (SSSR count). The molecule has 4 nitrogen and oxygen atoms in total. The Morgan fingerprint density at radius 2 is 1.42 bits per heavy atom. The first-order valence-electron chi connectivity index (χ1n) is 7.86. The lowest BCUT2D eigenvalue weighted by molar-refractivity contribution is -0.161. The molecule has 1 atom stereocenters. The summed E-state index contributed by atoms with van der Waals surface area (Å²) in [5.41, 5.74) is -0.550. The van der Waals surface area contributed by atoms with Crippen molar-refractivity contribution in [3.63, 3.8) is 0 Å². The summed E-state index contributed by atoms with van der Waals surface area (Å²) in [6, 6.07) is 0. The molecule has 0 bridgehead atoms. The van der Waals surface area contributed by atoms with E-state index in [9.17, 15) is 26.6 Å². The first kappa shape index (κ1) is 23.3. The van der Waals surface area contributed by atoms with Crippen molar-refractivity contribution in [2.75, 3.05) is 6.61 Å². The third-order valence-electron chi connectivity index (χ3n) is 3.38. The minimum absolute atomic E-state index is 0.154. The van der Waals surface area contributed by atoms with E-state index in [1.165, 1.54) is 0 Å². The van der Waals surface area contributed by atoms with Crippen molar-refractivity contribution < 1.29 is 35.9 Å². The molecule has 0 aromatic rings. The number of rotatable bonds is 11.